The van der Waals surface area contributed by atoms with E-state index in [1.165, 1.54) is 16.4 Å². The summed E-state index contributed by atoms with van der Waals surface area (Å²) in [5.74, 6) is -1.36. The number of hydrogen-bond donors (Lipinski definition) is 2. The summed E-state index contributed by atoms with van der Waals surface area (Å²) in [6.45, 7) is 2.88. The zero-order valence-electron chi connectivity index (χ0n) is 17.3. The number of piperidine rings is 1. The Hall–Kier alpha value is -2.78. The second kappa shape index (κ2) is 10.0. The van der Waals surface area contributed by atoms with Gasteiger partial charge in [-0.05, 0) is 55.7 Å². The molecule has 0 unspecified atom stereocenters. The van der Waals surface area contributed by atoms with Crippen LogP contribution in [0.5, 0.6) is 0 Å². The maximum absolute atomic E-state index is 13.1. The van der Waals surface area contributed by atoms with Crippen LogP contribution < -0.4 is 10.6 Å². The fraction of sp³-hybridized carbons (Fsp3) is 0.364. The molecule has 0 spiro atoms. The second-order valence-corrected chi connectivity index (χ2v) is 9.36. The number of para-hydroxylation sites is 1. The Morgan fingerprint density at radius 3 is 2.35 bits per heavy atom. The highest BCUT2D eigenvalue weighted by atomic mass is 32.2. The van der Waals surface area contributed by atoms with Gasteiger partial charge >= 0.3 is 0 Å². The molecule has 1 heterocycles. The van der Waals surface area contributed by atoms with Crippen LogP contribution in [0.3, 0.4) is 0 Å². The van der Waals surface area contributed by atoms with Gasteiger partial charge in [0.15, 0.2) is 0 Å². The van der Waals surface area contributed by atoms with Gasteiger partial charge in [-0.2, -0.15) is 4.31 Å². The van der Waals surface area contributed by atoms with Crippen molar-refractivity contribution in [3.8, 4) is 0 Å². The summed E-state index contributed by atoms with van der Waals surface area (Å²) in [7, 11) is -3.73. The summed E-state index contributed by atoms with van der Waals surface area (Å²) in [6.07, 6.45) is 1.52. The van der Waals surface area contributed by atoms with Crippen molar-refractivity contribution in [1.29, 1.82) is 0 Å². The summed E-state index contributed by atoms with van der Waals surface area (Å²) >= 11 is 0. The Labute approximate surface area is 181 Å². The van der Waals surface area contributed by atoms with Crippen molar-refractivity contribution >= 4 is 27.5 Å². The minimum Gasteiger partial charge on any atom is -0.352 e. The highest BCUT2D eigenvalue weighted by molar-refractivity contribution is 7.89. The van der Waals surface area contributed by atoms with Gasteiger partial charge in [0.1, 0.15) is 5.82 Å². The molecule has 0 radical (unpaired) electrons. The third-order valence-electron chi connectivity index (χ3n) is 5.24. The van der Waals surface area contributed by atoms with E-state index in [1.54, 1.807) is 24.3 Å². The van der Waals surface area contributed by atoms with Crippen LogP contribution in [0.1, 0.15) is 36.5 Å². The molecule has 0 aromatic heterocycles. The molecule has 2 aromatic rings. The summed E-state index contributed by atoms with van der Waals surface area (Å²) in [6, 6.07) is 11.5. The van der Waals surface area contributed by atoms with Gasteiger partial charge in [0.05, 0.1) is 16.1 Å². The lowest BCUT2D eigenvalue weighted by atomic mass is 9.97. The number of sulfonamides is 1. The van der Waals surface area contributed by atoms with E-state index in [0.717, 1.165) is 18.6 Å². The topological polar surface area (TPSA) is 95.6 Å². The van der Waals surface area contributed by atoms with E-state index in [4.69, 9.17) is 0 Å². The SMILES string of the molecule is CCCNC(=O)c1ccccc1NC(=O)C1CCN(S(=O)(=O)c2ccc(F)cc2)CC1. The van der Waals surface area contributed by atoms with Crippen molar-refractivity contribution in [2.75, 3.05) is 25.0 Å². The Balaban J connectivity index is 1.62. The molecule has 2 amide bonds. The van der Waals surface area contributed by atoms with E-state index in [9.17, 15) is 22.4 Å². The quantitative estimate of drug-likeness (QED) is 0.682. The smallest absolute Gasteiger partial charge is 0.253 e. The third kappa shape index (κ3) is 5.48. The van der Waals surface area contributed by atoms with Crippen molar-refractivity contribution in [2.24, 2.45) is 5.92 Å². The molecule has 2 aromatic carbocycles. The van der Waals surface area contributed by atoms with Crippen LogP contribution in [-0.4, -0.2) is 44.2 Å². The van der Waals surface area contributed by atoms with Crippen LogP contribution in [0.2, 0.25) is 0 Å². The number of benzene rings is 2. The number of hydrogen-bond acceptors (Lipinski definition) is 4. The first-order chi connectivity index (χ1) is 14.8. The van der Waals surface area contributed by atoms with Crippen LogP contribution in [0.4, 0.5) is 10.1 Å². The predicted molar refractivity (Wildman–Crippen MR) is 116 cm³/mol. The normalized spacial score (nSPS) is 15.4. The maximum atomic E-state index is 13.1. The average Bonchev–Trinajstić information content (AvgIpc) is 2.78. The first kappa shape index (κ1) is 22.9. The molecule has 9 heteroatoms. The molecule has 1 fully saturated rings. The van der Waals surface area contributed by atoms with Crippen molar-refractivity contribution in [3.63, 3.8) is 0 Å². The summed E-state index contributed by atoms with van der Waals surface area (Å²) in [4.78, 5) is 25.1. The molecule has 2 N–H and O–H groups in total. The number of anilines is 1. The largest absolute Gasteiger partial charge is 0.352 e. The lowest BCUT2D eigenvalue weighted by molar-refractivity contribution is -0.120. The molecule has 1 aliphatic rings. The molecular weight excluding hydrogens is 421 g/mol. The highest BCUT2D eigenvalue weighted by Gasteiger charge is 2.32. The molecule has 0 bridgehead atoms. The van der Waals surface area contributed by atoms with Crippen molar-refractivity contribution in [1.82, 2.24) is 9.62 Å². The first-order valence-electron chi connectivity index (χ1n) is 10.3. The van der Waals surface area contributed by atoms with Gasteiger partial charge in [0.2, 0.25) is 15.9 Å². The molecule has 0 atom stereocenters. The minimum absolute atomic E-state index is 0.0313. The monoisotopic (exact) mass is 447 g/mol. The van der Waals surface area contributed by atoms with Gasteiger partial charge in [-0.25, -0.2) is 12.8 Å². The van der Waals surface area contributed by atoms with Gasteiger partial charge in [-0.3, -0.25) is 9.59 Å². The van der Waals surface area contributed by atoms with Crippen LogP contribution >= 0.6 is 0 Å². The van der Waals surface area contributed by atoms with Crippen LogP contribution in [0.25, 0.3) is 0 Å². The van der Waals surface area contributed by atoms with E-state index in [2.05, 4.69) is 10.6 Å². The highest BCUT2D eigenvalue weighted by Crippen LogP contribution is 2.25. The fourth-order valence-electron chi connectivity index (χ4n) is 3.47. The predicted octanol–water partition coefficient (Wildman–Crippen LogP) is 3.00. The van der Waals surface area contributed by atoms with E-state index >= 15 is 0 Å². The van der Waals surface area contributed by atoms with Gasteiger partial charge in [-0.1, -0.05) is 19.1 Å². The number of carbonyl (C=O) groups excluding carboxylic acids is 2. The number of carbonyl (C=O) groups is 2. The number of nitrogens with one attached hydrogen (secondary N) is 2. The number of nitrogens with zero attached hydrogens (tertiary/aromatic N) is 1. The zero-order valence-corrected chi connectivity index (χ0v) is 18.1. The number of rotatable bonds is 7. The Morgan fingerprint density at radius 2 is 1.71 bits per heavy atom. The van der Waals surface area contributed by atoms with Crippen molar-refractivity contribution in [2.45, 2.75) is 31.1 Å². The van der Waals surface area contributed by atoms with Gasteiger partial charge in [0.25, 0.3) is 5.91 Å². The Kier molecular flexibility index (Phi) is 7.40. The average molecular weight is 448 g/mol. The molecule has 0 aliphatic carbocycles. The van der Waals surface area contributed by atoms with Crippen molar-refractivity contribution < 1.29 is 22.4 Å². The zero-order chi connectivity index (χ0) is 22.4. The molecule has 166 valence electrons. The molecule has 1 saturated heterocycles. The molecule has 31 heavy (non-hydrogen) atoms. The lowest BCUT2D eigenvalue weighted by Crippen LogP contribution is -2.41. The molecular formula is C22H26FN3O4S. The van der Waals surface area contributed by atoms with Gasteiger partial charge in [0, 0.05) is 25.6 Å². The van der Waals surface area contributed by atoms with Gasteiger partial charge < -0.3 is 10.6 Å². The fourth-order valence-corrected chi connectivity index (χ4v) is 4.94. The molecule has 0 saturated carbocycles. The Morgan fingerprint density at radius 1 is 1.06 bits per heavy atom. The van der Waals surface area contributed by atoms with E-state index < -0.39 is 15.8 Å². The minimum atomic E-state index is -3.73. The number of amides is 2. The van der Waals surface area contributed by atoms with Gasteiger partial charge in [-0.15, -0.1) is 0 Å². The third-order valence-corrected chi connectivity index (χ3v) is 7.15. The molecule has 7 nitrogen and oxygen atoms in total. The summed E-state index contributed by atoms with van der Waals surface area (Å²) in [5, 5.41) is 5.62. The standard InChI is InChI=1S/C22H26FN3O4S/c1-2-13-24-22(28)19-5-3-4-6-20(19)25-21(27)16-11-14-26(15-12-16)31(29,30)18-9-7-17(23)8-10-18/h3-10,16H,2,11-15H2,1H3,(H,24,28)(H,25,27). The summed E-state index contributed by atoms with van der Waals surface area (Å²) in [5.41, 5.74) is 0.822. The van der Waals surface area contributed by atoms with Crippen LogP contribution in [0, 0.1) is 11.7 Å². The first-order valence-corrected chi connectivity index (χ1v) is 11.7. The van der Waals surface area contributed by atoms with Crippen LogP contribution in [0.15, 0.2) is 53.4 Å². The Bertz CT molecular complexity index is 1030. The lowest BCUT2D eigenvalue weighted by Gasteiger charge is -2.30. The molecule has 3 rings (SSSR count). The summed E-state index contributed by atoms with van der Waals surface area (Å²) < 4.78 is 39.9. The molecule has 1 aliphatic heterocycles. The van der Waals surface area contributed by atoms with Crippen LogP contribution in [-0.2, 0) is 14.8 Å². The maximum Gasteiger partial charge on any atom is 0.253 e. The van der Waals surface area contributed by atoms with E-state index in [0.29, 0.717) is 30.6 Å². The van der Waals surface area contributed by atoms with E-state index in [-0.39, 0.29) is 35.7 Å². The second-order valence-electron chi connectivity index (χ2n) is 7.42. The van der Waals surface area contributed by atoms with E-state index in [1.807, 2.05) is 6.92 Å². The van der Waals surface area contributed by atoms with Crippen molar-refractivity contribution in [3.05, 3.63) is 59.9 Å². The number of halogens is 1.